The highest BCUT2D eigenvalue weighted by Gasteiger charge is 2.26. The Morgan fingerprint density at radius 2 is 1.00 bits per heavy atom. The number of carbonyl (C=O) groups is 1. The molecule has 0 fully saturated rings. The monoisotopic (exact) mass is 696 g/mol. The Labute approximate surface area is 297 Å². The van der Waals surface area contributed by atoms with E-state index in [-0.39, 0.29) is 12.3 Å². The van der Waals surface area contributed by atoms with Crippen molar-refractivity contribution in [3.05, 3.63) is 36.5 Å². The van der Waals surface area contributed by atoms with Crippen LogP contribution in [0.2, 0.25) is 0 Å². The van der Waals surface area contributed by atoms with Crippen LogP contribution < -0.4 is 5.32 Å². The number of rotatable bonds is 36. The van der Waals surface area contributed by atoms with Crippen molar-refractivity contribution in [2.45, 2.75) is 212 Å². The van der Waals surface area contributed by atoms with Crippen LogP contribution in [0, 0.1) is 0 Å². The zero-order chi connectivity index (χ0) is 35.4. The lowest BCUT2D eigenvalue weighted by Crippen LogP contribution is -2.47. The molecule has 0 aromatic carbocycles. The van der Waals surface area contributed by atoms with Gasteiger partial charge in [0.15, 0.2) is 0 Å². The summed E-state index contributed by atoms with van der Waals surface area (Å²) >= 11 is 0. The van der Waals surface area contributed by atoms with E-state index in [2.05, 4.69) is 55.6 Å². The van der Waals surface area contributed by atoms with Crippen molar-refractivity contribution in [1.82, 2.24) is 5.32 Å². The maximum Gasteiger partial charge on any atom is 0.266 e. The fourth-order valence-electron chi connectivity index (χ4n) is 6.12. The molecular formula is C41H77NO5S. The summed E-state index contributed by atoms with van der Waals surface area (Å²) in [6.07, 6.45) is 45.3. The van der Waals surface area contributed by atoms with E-state index in [0.717, 1.165) is 57.8 Å². The Bertz CT molecular complexity index is 899. The van der Waals surface area contributed by atoms with Crippen LogP contribution in [-0.4, -0.2) is 41.9 Å². The van der Waals surface area contributed by atoms with E-state index in [9.17, 15) is 22.9 Å². The second-order valence-electron chi connectivity index (χ2n) is 13.9. The molecule has 0 aliphatic rings. The molecule has 0 saturated heterocycles. The number of aliphatic hydroxyl groups excluding tert-OH is 1. The minimum Gasteiger partial charge on any atom is -0.391 e. The normalized spacial score (nSPS) is 13.7. The Morgan fingerprint density at radius 1 is 0.583 bits per heavy atom. The third-order valence-corrected chi connectivity index (χ3v) is 9.89. The topological polar surface area (TPSA) is 104 Å². The van der Waals surface area contributed by atoms with E-state index in [4.69, 9.17) is 0 Å². The van der Waals surface area contributed by atoms with E-state index in [1.165, 1.54) is 109 Å². The lowest BCUT2D eigenvalue weighted by molar-refractivity contribution is -0.122. The molecule has 0 radical (unpaired) electrons. The van der Waals surface area contributed by atoms with Gasteiger partial charge in [0.05, 0.1) is 17.9 Å². The van der Waals surface area contributed by atoms with Gasteiger partial charge in [-0.2, -0.15) is 8.42 Å². The van der Waals surface area contributed by atoms with E-state index in [1.807, 2.05) is 0 Å². The number of unbranched alkanes of at least 4 members (excludes halogenated alkanes) is 22. The Kier molecular flexibility index (Phi) is 34.3. The van der Waals surface area contributed by atoms with Crippen molar-refractivity contribution in [2.75, 3.05) is 5.75 Å². The van der Waals surface area contributed by atoms with Crippen molar-refractivity contribution in [3.8, 4) is 0 Å². The van der Waals surface area contributed by atoms with Crippen LogP contribution in [0.5, 0.6) is 0 Å². The largest absolute Gasteiger partial charge is 0.391 e. The molecule has 0 bridgehead atoms. The van der Waals surface area contributed by atoms with Crippen molar-refractivity contribution in [1.29, 1.82) is 0 Å². The lowest BCUT2D eigenvalue weighted by atomic mass is 10.0. The first-order valence-electron chi connectivity index (χ1n) is 20.2. The van der Waals surface area contributed by atoms with Gasteiger partial charge in [0.2, 0.25) is 5.91 Å². The fourth-order valence-corrected chi connectivity index (χ4v) is 6.88. The average Bonchev–Trinajstić information content (AvgIpc) is 3.05. The number of hydrogen-bond acceptors (Lipinski definition) is 4. The molecule has 0 aliphatic carbocycles. The highest BCUT2D eigenvalue weighted by Crippen LogP contribution is 2.16. The molecule has 3 N–H and O–H groups in total. The summed E-state index contributed by atoms with van der Waals surface area (Å²) in [4.78, 5) is 12.5. The number of carbonyl (C=O) groups excluding carboxylic acids is 1. The zero-order valence-electron chi connectivity index (χ0n) is 31.4. The van der Waals surface area contributed by atoms with Crippen LogP contribution in [-0.2, 0) is 14.9 Å². The van der Waals surface area contributed by atoms with Crippen molar-refractivity contribution in [2.24, 2.45) is 0 Å². The van der Waals surface area contributed by atoms with Gasteiger partial charge < -0.3 is 10.4 Å². The molecule has 282 valence electrons. The minimum atomic E-state index is -4.32. The molecule has 0 aromatic heterocycles. The standard InChI is InChI=1S/C41H77NO5S/c1-3-5-7-9-11-13-15-17-18-19-20-21-22-23-25-26-28-30-32-34-36-40(43)39(38-48(45,46)47)42-41(44)37-35-33-31-29-27-24-16-14-12-10-8-6-4-2/h6,8,12,14,24,27,39-40,43H,3-5,7,9-11,13,15-23,25-26,28-38H2,1-2H3,(H,42,44)(H,45,46,47)/b8-6-,14-12-,27-24-. The van der Waals surface area contributed by atoms with Crippen LogP contribution in [0.3, 0.4) is 0 Å². The van der Waals surface area contributed by atoms with Gasteiger partial charge >= 0.3 is 0 Å². The summed E-state index contributed by atoms with van der Waals surface area (Å²) in [7, 11) is -4.32. The summed E-state index contributed by atoms with van der Waals surface area (Å²) in [6, 6.07) is -0.985. The molecule has 2 atom stereocenters. The number of amides is 1. The van der Waals surface area contributed by atoms with Crippen LogP contribution in [0.15, 0.2) is 36.5 Å². The molecule has 1 amide bonds. The maximum absolute atomic E-state index is 12.5. The number of hydrogen-bond donors (Lipinski definition) is 3. The lowest BCUT2D eigenvalue weighted by Gasteiger charge is -2.23. The predicted octanol–water partition coefficient (Wildman–Crippen LogP) is 11.7. The van der Waals surface area contributed by atoms with Gasteiger partial charge in [0.1, 0.15) is 0 Å². The van der Waals surface area contributed by atoms with Gasteiger partial charge in [0.25, 0.3) is 10.1 Å². The minimum absolute atomic E-state index is 0.274. The van der Waals surface area contributed by atoms with Crippen molar-refractivity contribution >= 4 is 16.0 Å². The summed E-state index contributed by atoms with van der Waals surface area (Å²) in [5.41, 5.74) is 0. The highest BCUT2D eigenvalue weighted by molar-refractivity contribution is 7.85. The molecule has 7 heteroatoms. The van der Waals surface area contributed by atoms with E-state index < -0.39 is 28.0 Å². The summed E-state index contributed by atoms with van der Waals surface area (Å²) in [6.45, 7) is 4.41. The van der Waals surface area contributed by atoms with Crippen molar-refractivity contribution in [3.63, 3.8) is 0 Å². The SMILES string of the molecule is CC/C=C\C/C=C\C/C=C\CCCCCC(=O)NC(CS(=O)(=O)O)C(O)CCCCCCCCCCCCCCCCCCCCCC. The quantitative estimate of drug-likeness (QED) is 0.0344. The molecule has 0 rings (SSSR count). The number of aliphatic hydroxyl groups is 1. The molecule has 0 aliphatic heterocycles. The van der Waals surface area contributed by atoms with Gasteiger partial charge in [0, 0.05) is 6.42 Å². The number of nitrogens with one attached hydrogen (secondary N) is 1. The van der Waals surface area contributed by atoms with Crippen LogP contribution in [0.25, 0.3) is 0 Å². The highest BCUT2D eigenvalue weighted by atomic mass is 32.2. The first-order valence-corrected chi connectivity index (χ1v) is 21.8. The first kappa shape index (κ1) is 46.6. The van der Waals surface area contributed by atoms with Gasteiger partial charge in [-0.05, 0) is 44.9 Å². The van der Waals surface area contributed by atoms with Gasteiger partial charge in [-0.15, -0.1) is 0 Å². The second-order valence-corrected chi connectivity index (χ2v) is 15.4. The zero-order valence-corrected chi connectivity index (χ0v) is 32.2. The molecule has 0 saturated carbocycles. The van der Waals surface area contributed by atoms with Crippen molar-refractivity contribution < 1.29 is 22.9 Å². The fraction of sp³-hybridized carbons (Fsp3) is 0.829. The molecular weight excluding hydrogens is 619 g/mol. The Balaban J connectivity index is 3.86. The summed E-state index contributed by atoms with van der Waals surface area (Å²) in [5, 5.41) is 13.3. The van der Waals surface area contributed by atoms with Crippen LogP contribution in [0.1, 0.15) is 200 Å². The van der Waals surface area contributed by atoms with Crippen LogP contribution in [0.4, 0.5) is 0 Å². The second kappa shape index (κ2) is 35.4. The van der Waals surface area contributed by atoms with Crippen LogP contribution >= 0.6 is 0 Å². The predicted molar refractivity (Wildman–Crippen MR) is 207 cm³/mol. The number of allylic oxidation sites excluding steroid dienone is 6. The van der Waals surface area contributed by atoms with E-state index in [0.29, 0.717) is 12.8 Å². The third kappa shape index (κ3) is 35.9. The Morgan fingerprint density at radius 3 is 1.46 bits per heavy atom. The molecule has 0 heterocycles. The first-order chi connectivity index (χ1) is 23.3. The Hall–Kier alpha value is -1.44. The molecule has 2 unspecified atom stereocenters. The van der Waals surface area contributed by atoms with E-state index >= 15 is 0 Å². The average molecular weight is 696 g/mol. The smallest absolute Gasteiger partial charge is 0.266 e. The maximum atomic E-state index is 12.5. The molecule has 0 spiro atoms. The van der Waals surface area contributed by atoms with Gasteiger partial charge in [-0.3, -0.25) is 9.35 Å². The molecule has 0 aromatic rings. The van der Waals surface area contributed by atoms with Gasteiger partial charge in [-0.1, -0.05) is 185 Å². The van der Waals surface area contributed by atoms with Gasteiger partial charge in [-0.25, -0.2) is 0 Å². The van der Waals surface area contributed by atoms with E-state index in [1.54, 1.807) is 0 Å². The summed E-state index contributed by atoms with van der Waals surface area (Å²) in [5.74, 6) is -0.934. The summed E-state index contributed by atoms with van der Waals surface area (Å²) < 4.78 is 32.5. The molecule has 48 heavy (non-hydrogen) atoms. The third-order valence-electron chi connectivity index (χ3n) is 9.11. The molecule has 6 nitrogen and oxygen atoms in total.